The van der Waals surface area contributed by atoms with Crippen molar-refractivity contribution >= 4 is 15.9 Å². The molecule has 0 atom stereocenters. The first-order valence-electron chi connectivity index (χ1n) is 7.51. The van der Waals surface area contributed by atoms with Gasteiger partial charge in [-0.1, -0.05) is 0 Å². The molecule has 1 heterocycles. The summed E-state index contributed by atoms with van der Waals surface area (Å²) in [6.07, 6.45) is -4.84. The highest BCUT2D eigenvalue weighted by molar-refractivity contribution is 7.89. The van der Waals surface area contributed by atoms with Crippen LogP contribution in [0.25, 0.3) is 0 Å². The van der Waals surface area contributed by atoms with Crippen LogP contribution in [0.1, 0.15) is 6.42 Å². The van der Waals surface area contributed by atoms with Gasteiger partial charge >= 0.3 is 6.36 Å². The molecular formula is C14H18F3N3O4S. The van der Waals surface area contributed by atoms with Crippen LogP contribution < -0.4 is 14.8 Å². The van der Waals surface area contributed by atoms with Gasteiger partial charge in [0.2, 0.25) is 15.9 Å². The summed E-state index contributed by atoms with van der Waals surface area (Å²) in [5.41, 5.74) is 0. The number of hydrogen-bond acceptors (Lipinski definition) is 5. The van der Waals surface area contributed by atoms with Gasteiger partial charge in [0.05, 0.1) is 4.90 Å². The number of carbonyl (C=O) groups is 1. The average molecular weight is 381 g/mol. The monoisotopic (exact) mass is 381 g/mol. The lowest BCUT2D eigenvalue weighted by Gasteiger charge is -2.27. The molecule has 1 amide bonds. The van der Waals surface area contributed by atoms with E-state index in [1.165, 1.54) is 0 Å². The number of piperazine rings is 1. The molecule has 1 aliphatic heterocycles. The standard InChI is InChI=1S/C14H18F3N3O4S/c15-14(16,17)24-11-1-3-12(4-2-11)25(22,23)19-6-5-13(21)20-9-7-18-8-10-20/h1-4,18-19H,5-10H2. The van der Waals surface area contributed by atoms with E-state index in [0.717, 1.165) is 24.3 Å². The van der Waals surface area contributed by atoms with Gasteiger partial charge in [-0.2, -0.15) is 0 Å². The van der Waals surface area contributed by atoms with Crippen LogP contribution in [0.5, 0.6) is 5.75 Å². The number of carbonyl (C=O) groups excluding carboxylic acids is 1. The molecule has 1 aliphatic rings. The van der Waals surface area contributed by atoms with E-state index in [2.05, 4.69) is 14.8 Å². The summed E-state index contributed by atoms with van der Waals surface area (Å²) in [6.45, 7) is 2.46. The number of benzene rings is 1. The molecule has 140 valence electrons. The van der Waals surface area contributed by atoms with Gasteiger partial charge in [-0.05, 0) is 24.3 Å². The summed E-state index contributed by atoms with van der Waals surface area (Å²) in [5.74, 6) is -0.668. The third-order valence-corrected chi connectivity index (χ3v) is 4.95. The fraction of sp³-hybridized carbons (Fsp3) is 0.500. The number of halogens is 3. The minimum absolute atomic E-state index is 0.00843. The maximum Gasteiger partial charge on any atom is 0.573 e. The molecule has 1 aromatic rings. The number of amides is 1. The minimum atomic E-state index is -4.84. The summed E-state index contributed by atoms with van der Waals surface area (Å²) in [4.78, 5) is 13.4. The highest BCUT2D eigenvalue weighted by Gasteiger charge is 2.31. The zero-order valence-corrected chi connectivity index (χ0v) is 14.0. The van der Waals surface area contributed by atoms with Crippen molar-refractivity contribution in [3.63, 3.8) is 0 Å². The molecule has 2 rings (SSSR count). The molecular weight excluding hydrogens is 363 g/mol. The number of rotatable bonds is 6. The molecule has 0 aliphatic carbocycles. The Bertz CT molecular complexity index is 686. The molecule has 25 heavy (non-hydrogen) atoms. The Morgan fingerprint density at radius 2 is 1.80 bits per heavy atom. The molecule has 2 N–H and O–H groups in total. The zero-order chi connectivity index (χ0) is 18.5. The third-order valence-electron chi connectivity index (χ3n) is 3.47. The Morgan fingerprint density at radius 3 is 2.36 bits per heavy atom. The molecule has 0 unspecified atom stereocenters. The van der Waals surface area contributed by atoms with E-state index < -0.39 is 22.1 Å². The van der Waals surface area contributed by atoms with E-state index in [-0.39, 0.29) is 23.8 Å². The Morgan fingerprint density at radius 1 is 1.20 bits per heavy atom. The van der Waals surface area contributed by atoms with Gasteiger partial charge in [-0.25, -0.2) is 13.1 Å². The van der Waals surface area contributed by atoms with E-state index in [1.54, 1.807) is 4.90 Å². The van der Waals surface area contributed by atoms with Crippen molar-refractivity contribution in [3.05, 3.63) is 24.3 Å². The van der Waals surface area contributed by atoms with Crippen LogP contribution in [-0.4, -0.2) is 58.3 Å². The Hall–Kier alpha value is -1.85. The number of ether oxygens (including phenoxy) is 1. The molecule has 0 spiro atoms. The van der Waals surface area contributed by atoms with Gasteiger partial charge < -0.3 is 15.0 Å². The van der Waals surface area contributed by atoms with Gasteiger partial charge in [-0.15, -0.1) is 13.2 Å². The van der Waals surface area contributed by atoms with Gasteiger partial charge in [0.1, 0.15) is 5.75 Å². The number of sulfonamides is 1. The van der Waals surface area contributed by atoms with Crippen LogP contribution in [0.4, 0.5) is 13.2 Å². The van der Waals surface area contributed by atoms with Crippen LogP contribution in [-0.2, 0) is 14.8 Å². The quantitative estimate of drug-likeness (QED) is 0.757. The van der Waals surface area contributed by atoms with Crippen LogP contribution in [0.15, 0.2) is 29.2 Å². The van der Waals surface area contributed by atoms with Crippen LogP contribution in [0.2, 0.25) is 0 Å². The maximum absolute atomic E-state index is 12.1. The second kappa shape index (κ2) is 8.02. The van der Waals surface area contributed by atoms with Crippen molar-refractivity contribution in [3.8, 4) is 5.75 Å². The van der Waals surface area contributed by atoms with Crippen molar-refractivity contribution in [2.45, 2.75) is 17.7 Å². The Labute approximate surface area is 143 Å². The van der Waals surface area contributed by atoms with Crippen LogP contribution >= 0.6 is 0 Å². The average Bonchev–Trinajstić information content (AvgIpc) is 2.54. The normalized spacial score (nSPS) is 15.9. The van der Waals surface area contributed by atoms with Gasteiger partial charge in [-0.3, -0.25) is 4.79 Å². The predicted molar refractivity (Wildman–Crippen MR) is 82.4 cm³/mol. The molecule has 1 fully saturated rings. The summed E-state index contributed by atoms with van der Waals surface area (Å²) in [7, 11) is -3.92. The van der Waals surface area contributed by atoms with Gasteiger partial charge in [0.25, 0.3) is 0 Å². The smallest absolute Gasteiger partial charge is 0.406 e. The van der Waals surface area contributed by atoms with Crippen molar-refractivity contribution in [1.82, 2.24) is 14.9 Å². The Kier molecular flexibility index (Phi) is 6.25. The first-order valence-corrected chi connectivity index (χ1v) is 9.00. The molecule has 0 radical (unpaired) electrons. The summed E-state index contributed by atoms with van der Waals surface area (Å²) in [5, 5.41) is 3.10. The first-order chi connectivity index (χ1) is 11.7. The molecule has 0 saturated carbocycles. The fourth-order valence-electron chi connectivity index (χ4n) is 2.27. The minimum Gasteiger partial charge on any atom is -0.406 e. The maximum atomic E-state index is 12.1. The van der Waals surface area contributed by atoms with Crippen molar-refractivity contribution in [2.75, 3.05) is 32.7 Å². The summed E-state index contributed by atoms with van der Waals surface area (Å²) < 4.78 is 66.3. The SMILES string of the molecule is O=C(CCNS(=O)(=O)c1ccc(OC(F)(F)F)cc1)N1CCNCC1. The molecule has 0 aromatic heterocycles. The largest absolute Gasteiger partial charge is 0.573 e. The van der Waals surface area contributed by atoms with E-state index >= 15 is 0 Å². The molecule has 11 heteroatoms. The number of alkyl halides is 3. The van der Waals surface area contributed by atoms with Gasteiger partial charge in [0.15, 0.2) is 0 Å². The van der Waals surface area contributed by atoms with Crippen molar-refractivity contribution in [2.24, 2.45) is 0 Å². The predicted octanol–water partition coefficient (Wildman–Crippen LogP) is 0.685. The fourth-order valence-corrected chi connectivity index (χ4v) is 3.30. The molecule has 7 nitrogen and oxygen atoms in total. The molecule has 0 bridgehead atoms. The lowest BCUT2D eigenvalue weighted by molar-refractivity contribution is -0.274. The number of nitrogens with zero attached hydrogens (tertiary/aromatic N) is 1. The number of hydrogen-bond donors (Lipinski definition) is 2. The van der Waals surface area contributed by atoms with Crippen molar-refractivity contribution in [1.29, 1.82) is 0 Å². The van der Waals surface area contributed by atoms with E-state index in [9.17, 15) is 26.4 Å². The third kappa shape index (κ3) is 6.18. The second-order valence-corrected chi connectivity index (χ2v) is 7.06. The highest BCUT2D eigenvalue weighted by Crippen LogP contribution is 2.23. The van der Waals surface area contributed by atoms with Crippen LogP contribution in [0, 0.1) is 0 Å². The van der Waals surface area contributed by atoms with Gasteiger partial charge in [0, 0.05) is 39.1 Å². The van der Waals surface area contributed by atoms with E-state index in [0.29, 0.717) is 26.2 Å². The topological polar surface area (TPSA) is 87.7 Å². The second-order valence-electron chi connectivity index (χ2n) is 5.30. The lowest BCUT2D eigenvalue weighted by Crippen LogP contribution is -2.47. The molecule has 1 aromatic carbocycles. The first kappa shape index (κ1) is 19.5. The van der Waals surface area contributed by atoms with Crippen molar-refractivity contribution < 1.29 is 31.1 Å². The lowest BCUT2D eigenvalue weighted by atomic mass is 10.3. The summed E-state index contributed by atoms with van der Waals surface area (Å²) >= 11 is 0. The zero-order valence-electron chi connectivity index (χ0n) is 13.2. The summed E-state index contributed by atoms with van der Waals surface area (Å²) in [6, 6.07) is 3.82. The van der Waals surface area contributed by atoms with E-state index in [4.69, 9.17) is 0 Å². The van der Waals surface area contributed by atoms with E-state index in [1.807, 2.05) is 0 Å². The Balaban J connectivity index is 1.87. The number of nitrogens with one attached hydrogen (secondary N) is 2. The highest BCUT2D eigenvalue weighted by atomic mass is 32.2. The van der Waals surface area contributed by atoms with Crippen LogP contribution in [0.3, 0.4) is 0 Å². The molecule has 1 saturated heterocycles.